The summed E-state index contributed by atoms with van der Waals surface area (Å²) in [6.07, 6.45) is 1.91. The molecule has 3 aromatic carbocycles. The Kier molecular flexibility index (Phi) is 8.87. The first-order chi connectivity index (χ1) is 20.3. The molecule has 9 heteroatoms. The molecule has 0 unspecified atom stereocenters. The molecule has 0 saturated heterocycles. The van der Waals surface area contributed by atoms with E-state index in [9.17, 15) is 9.59 Å². The Hall–Kier alpha value is -4.24. The van der Waals surface area contributed by atoms with Gasteiger partial charge in [0, 0.05) is 17.3 Å². The van der Waals surface area contributed by atoms with Crippen molar-refractivity contribution >= 4 is 15.9 Å². The number of aromatic amines is 2. The number of aryl methyl sites for hydroxylation is 2. The van der Waals surface area contributed by atoms with E-state index < -0.39 is 5.92 Å². The van der Waals surface area contributed by atoms with Gasteiger partial charge >= 0.3 is 0 Å². The largest absolute Gasteiger partial charge is 0.490 e. The van der Waals surface area contributed by atoms with Crippen LogP contribution in [0.5, 0.6) is 11.5 Å². The standard InChI is InChI=1S/C33H35BrN4O4/c1-5-7-18-42-31-26(34)19-23(20-27(31)41-6-2)30(28-21(3)35-37(32(28)39)24-14-10-8-11-15-24)29-22(4)36-38(33(29)40)25-16-12-9-13-17-25/h8-17,19-20,30,35-36H,5-7,18H2,1-4H3. The van der Waals surface area contributed by atoms with E-state index in [2.05, 4.69) is 33.1 Å². The minimum atomic E-state index is -0.701. The Morgan fingerprint density at radius 2 is 1.31 bits per heavy atom. The van der Waals surface area contributed by atoms with Crippen molar-refractivity contribution in [1.29, 1.82) is 0 Å². The molecule has 2 heterocycles. The van der Waals surface area contributed by atoms with Crippen LogP contribution in [0.3, 0.4) is 0 Å². The average Bonchev–Trinajstić information content (AvgIpc) is 3.45. The number of nitrogens with one attached hydrogen (secondary N) is 2. The molecule has 5 rings (SSSR count). The lowest BCUT2D eigenvalue weighted by Crippen LogP contribution is -2.25. The zero-order valence-electron chi connectivity index (χ0n) is 24.2. The lowest BCUT2D eigenvalue weighted by molar-refractivity contribution is 0.271. The van der Waals surface area contributed by atoms with Crippen LogP contribution in [0.25, 0.3) is 11.4 Å². The highest BCUT2D eigenvalue weighted by Gasteiger charge is 2.32. The molecule has 8 nitrogen and oxygen atoms in total. The maximum Gasteiger partial charge on any atom is 0.275 e. The summed E-state index contributed by atoms with van der Waals surface area (Å²) in [7, 11) is 0. The van der Waals surface area contributed by atoms with Gasteiger partial charge in [0.2, 0.25) is 0 Å². The van der Waals surface area contributed by atoms with Crippen molar-refractivity contribution in [3.05, 3.63) is 126 Å². The molecule has 42 heavy (non-hydrogen) atoms. The second-order valence-electron chi connectivity index (χ2n) is 10.2. The van der Waals surface area contributed by atoms with Crippen LogP contribution in [0.15, 0.2) is 86.9 Å². The van der Waals surface area contributed by atoms with Crippen LogP contribution in [0, 0.1) is 13.8 Å². The van der Waals surface area contributed by atoms with Crippen LogP contribution in [0.1, 0.15) is 60.7 Å². The van der Waals surface area contributed by atoms with Gasteiger partial charge in [0.25, 0.3) is 11.1 Å². The summed E-state index contributed by atoms with van der Waals surface area (Å²) in [5.41, 5.74) is 3.97. The number of unbranched alkanes of at least 4 members (excludes halogenated alkanes) is 1. The van der Waals surface area contributed by atoms with Crippen molar-refractivity contribution in [1.82, 2.24) is 19.6 Å². The fourth-order valence-corrected chi connectivity index (χ4v) is 5.84. The van der Waals surface area contributed by atoms with E-state index in [0.717, 1.165) is 18.4 Å². The minimum absolute atomic E-state index is 0.229. The Balaban J connectivity index is 1.77. The molecular formula is C33H35BrN4O4. The number of halogens is 1. The number of ether oxygens (including phenoxy) is 2. The number of nitrogens with zero attached hydrogens (tertiary/aromatic N) is 2. The van der Waals surface area contributed by atoms with Gasteiger partial charge in [-0.1, -0.05) is 49.7 Å². The van der Waals surface area contributed by atoms with Crippen LogP contribution >= 0.6 is 15.9 Å². The van der Waals surface area contributed by atoms with Crippen LogP contribution in [-0.2, 0) is 0 Å². The predicted molar refractivity (Wildman–Crippen MR) is 169 cm³/mol. The Bertz CT molecular complexity index is 1690. The third-order valence-corrected chi connectivity index (χ3v) is 7.84. The highest BCUT2D eigenvalue weighted by atomic mass is 79.9. The molecule has 0 aliphatic rings. The first kappa shape index (κ1) is 29.3. The van der Waals surface area contributed by atoms with Crippen LogP contribution < -0.4 is 20.6 Å². The van der Waals surface area contributed by atoms with Gasteiger partial charge in [0.1, 0.15) is 0 Å². The second kappa shape index (κ2) is 12.7. The zero-order valence-corrected chi connectivity index (χ0v) is 25.8. The summed E-state index contributed by atoms with van der Waals surface area (Å²) in [5.74, 6) is 0.455. The van der Waals surface area contributed by atoms with Crippen LogP contribution in [0.4, 0.5) is 0 Å². The van der Waals surface area contributed by atoms with Gasteiger partial charge in [-0.25, -0.2) is 9.36 Å². The molecule has 0 aliphatic carbocycles. The number of rotatable bonds is 11. The predicted octanol–water partition coefficient (Wildman–Crippen LogP) is 6.78. The summed E-state index contributed by atoms with van der Waals surface area (Å²) < 4.78 is 15.9. The third-order valence-electron chi connectivity index (χ3n) is 7.25. The molecule has 0 saturated carbocycles. The minimum Gasteiger partial charge on any atom is -0.490 e. The molecule has 2 aromatic heterocycles. The number of para-hydroxylation sites is 2. The number of aromatic nitrogens is 4. The summed E-state index contributed by atoms with van der Waals surface area (Å²) >= 11 is 3.70. The van der Waals surface area contributed by atoms with E-state index in [-0.39, 0.29) is 11.1 Å². The van der Waals surface area contributed by atoms with Gasteiger partial charge in [-0.2, -0.15) is 0 Å². The van der Waals surface area contributed by atoms with Gasteiger partial charge in [-0.15, -0.1) is 0 Å². The monoisotopic (exact) mass is 630 g/mol. The van der Waals surface area contributed by atoms with Crippen molar-refractivity contribution < 1.29 is 9.47 Å². The van der Waals surface area contributed by atoms with Crippen molar-refractivity contribution in [2.24, 2.45) is 0 Å². The quantitative estimate of drug-likeness (QED) is 0.157. The molecule has 0 aliphatic heterocycles. The van der Waals surface area contributed by atoms with Crippen LogP contribution in [0.2, 0.25) is 0 Å². The summed E-state index contributed by atoms with van der Waals surface area (Å²) in [6, 6.07) is 22.6. The van der Waals surface area contributed by atoms with Crippen molar-refractivity contribution in [2.75, 3.05) is 13.2 Å². The topological polar surface area (TPSA) is 94.0 Å². The number of hydrogen-bond acceptors (Lipinski definition) is 4. The third kappa shape index (κ3) is 5.61. The Labute approximate surface area is 253 Å². The molecule has 0 spiro atoms. The lowest BCUT2D eigenvalue weighted by atomic mass is 9.85. The highest BCUT2D eigenvalue weighted by Crippen LogP contribution is 2.42. The summed E-state index contributed by atoms with van der Waals surface area (Å²) in [4.78, 5) is 28.3. The van der Waals surface area contributed by atoms with Crippen molar-refractivity contribution in [2.45, 2.75) is 46.5 Å². The fourth-order valence-electron chi connectivity index (χ4n) is 5.27. The highest BCUT2D eigenvalue weighted by molar-refractivity contribution is 9.10. The SMILES string of the molecule is CCCCOc1c(Br)cc(C(c2c(C)[nH]n(-c3ccccc3)c2=O)c2c(C)[nH]n(-c3ccccc3)c2=O)cc1OCC. The summed E-state index contributed by atoms with van der Waals surface area (Å²) in [6.45, 7) is 8.73. The van der Waals surface area contributed by atoms with Crippen molar-refractivity contribution in [3.8, 4) is 22.9 Å². The van der Waals surface area contributed by atoms with E-state index >= 15 is 0 Å². The molecule has 0 atom stereocenters. The number of benzene rings is 3. The number of H-pyrrole nitrogens is 2. The van der Waals surface area contributed by atoms with Gasteiger partial charge in [0.05, 0.1) is 40.2 Å². The van der Waals surface area contributed by atoms with Gasteiger partial charge in [-0.05, 0) is 85.1 Å². The molecule has 0 fully saturated rings. The smallest absolute Gasteiger partial charge is 0.275 e. The van der Waals surface area contributed by atoms with E-state index in [4.69, 9.17) is 9.47 Å². The van der Waals surface area contributed by atoms with E-state index in [1.807, 2.05) is 93.6 Å². The normalized spacial score (nSPS) is 11.3. The van der Waals surface area contributed by atoms with E-state index in [1.165, 1.54) is 9.36 Å². The molecule has 5 aromatic rings. The lowest BCUT2D eigenvalue weighted by Gasteiger charge is -2.20. The molecule has 2 N–H and O–H groups in total. The molecule has 0 bridgehead atoms. The Morgan fingerprint density at radius 1 is 0.786 bits per heavy atom. The fraction of sp³-hybridized carbons (Fsp3) is 0.273. The van der Waals surface area contributed by atoms with E-state index in [1.54, 1.807) is 0 Å². The number of hydrogen-bond donors (Lipinski definition) is 2. The van der Waals surface area contributed by atoms with Crippen LogP contribution in [-0.4, -0.2) is 32.8 Å². The molecule has 0 amide bonds. The zero-order chi connectivity index (χ0) is 29.8. The second-order valence-corrected chi connectivity index (χ2v) is 11.0. The summed E-state index contributed by atoms with van der Waals surface area (Å²) in [5, 5.41) is 6.49. The van der Waals surface area contributed by atoms with E-state index in [0.29, 0.717) is 63.1 Å². The average molecular weight is 632 g/mol. The Morgan fingerprint density at radius 3 is 1.79 bits per heavy atom. The maximum absolute atomic E-state index is 14.2. The first-order valence-electron chi connectivity index (χ1n) is 14.2. The molecular weight excluding hydrogens is 596 g/mol. The van der Waals surface area contributed by atoms with Crippen molar-refractivity contribution in [3.63, 3.8) is 0 Å². The molecule has 218 valence electrons. The van der Waals surface area contributed by atoms with Gasteiger partial charge in [-0.3, -0.25) is 19.8 Å². The van der Waals surface area contributed by atoms with Gasteiger partial charge < -0.3 is 9.47 Å². The maximum atomic E-state index is 14.2. The molecule has 0 radical (unpaired) electrons. The van der Waals surface area contributed by atoms with Gasteiger partial charge in [0.15, 0.2) is 11.5 Å². The first-order valence-corrected chi connectivity index (χ1v) is 15.0.